The number of carbonyl (C=O) groups is 1. The van der Waals surface area contributed by atoms with Gasteiger partial charge in [0.05, 0.1) is 0 Å². The fourth-order valence-corrected chi connectivity index (χ4v) is 2.32. The molecule has 1 aliphatic rings. The molecule has 122 valence electrons. The molecule has 0 spiro atoms. The number of hydrogen-bond donors (Lipinski definition) is 2. The molecule has 0 radical (unpaired) electrons. The summed E-state index contributed by atoms with van der Waals surface area (Å²) in [7, 11) is 0. The number of nitrogens with zero attached hydrogens (tertiary/aromatic N) is 2. The number of halogens is 4. The number of alkyl halides is 3. The topological polar surface area (TPSA) is 85.4 Å². The van der Waals surface area contributed by atoms with Gasteiger partial charge in [-0.2, -0.15) is 13.2 Å². The second kappa shape index (κ2) is 5.42. The van der Waals surface area contributed by atoms with E-state index in [0.717, 1.165) is 17.4 Å². The number of rotatable bonds is 2. The maximum absolute atomic E-state index is 13.4. The van der Waals surface area contributed by atoms with Gasteiger partial charge in [-0.1, -0.05) is 22.9 Å². The molecule has 0 saturated heterocycles. The second-order valence-corrected chi connectivity index (χ2v) is 5.50. The molecule has 23 heavy (non-hydrogen) atoms. The highest BCUT2D eigenvalue weighted by Crippen LogP contribution is 2.46. The number of fused-ring (bicyclic) bond motifs is 1. The van der Waals surface area contributed by atoms with Crippen LogP contribution in [-0.4, -0.2) is 28.3 Å². The minimum atomic E-state index is -5.06. The highest BCUT2D eigenvalue weighted by Gasteiger charge is 2.65. The van der Waals surface area contributed by atoms with Crippen LogP contribution in [0.5, 0.6) is 11.5 Å². The number of ether oxygens (including phenoxy) is 2. The lowest BCUT2D eigenvalue weighted by Gasteiger charge is -2.29. The van der Waals surface area contributed by atoms with Crippen LogP contribution in [0, 0.1) is 0 Å². The van der Waals surface area contributed by atoms with Gasteiger partial charge in [0.15, 0.2) is 11.5 Å². The van der Waals surface area contributed by atoms with Crippen LogP contribution in [0.15, 0.2) is 23.7 Å². The van der Waals surface area contributed by atoms with E-state index in [0.29, 0.717) is 0 Å². The Morgan fingerprint density at radius 2 is 2.04 bits per heavy atom. The van der Waals surface area contributed by atoms with Crippen molar-refractivity contribution in [2.24, 2.45) is 0 Å². The monoisotopic (exact) mass is 366 g/mol. The molecule has 1 aliphatic heterocycles. The lowest BCUT2D eigenvalue weighted by Crippen LogP contribution is -2.65. The first-order valence-electron chi connectivity index (χ1n) is 5.89. The van der Waals surface area contributed by atoms with Crippen molar-refractivity contribution >= 4 is 34.1 Å². The van der Waals surface area contributed by atoms with E-state index in [1.54, 1.807) is 5.32 Å². The highest BCUT2D eigenvalue weighted by molar-refractivity contribution is 7.13. The van der Waals surface area contributed by atoms with E-state index in [4.69, 9.17) is 21.1 Å². The van der Waals surface area contributed by atoms with Gasteiger partial charge >= 0.3 is 18.1 Å². The predicted octanol–water partition coefficient (Wildman–Crippen LogP) is 3.00. The first-order chi connectivity index (χ1) is 10.8. The Hall–Kier alpha value is -2.27. The number of urea groups is 1. The number of anilines is 1. The smallest absolute Gasteiger partial charge is 0.424 e. The third-order valence-corrected chi connectivity index (χ3v) is 3.49. The van der Waals surface area contributed by atoms with E-state index in [9.17, 15) is 18.0 Å². The van der Waals surface area contributed by atoms with Gasteiger partial charge < -0.3 is 9.47 Å². The zero-order valence-electron chi connectivity index (χ0n) is 10.8. The summed E-state index contributed by atoms with van der Waals surface area (Å²) in [5.41, 5.74) is 1.30. The molecular formula is C11H6ClF3N4O3S. The van der Waals surface area contributed by atoms with Crippen molar-refractivity contribution in [2.45, 2.75) is 12.1 Å². The Morgan fingerprint density at radius 3 is 2.70 bits per heavy atom. The van der Waals surface area contributed by atoms with E-state index in [2.05, 4.69) is 15.5 Å². The van der Waals surface area contributed by atoms with Gasteiger partial charge in [-0.15, -0.1) is 10.2 Å². The quantitative estimate of drug-likeness (QED) is 0.853. The molecule has 0 fully saturated rings. The molecule has 7 nitrogen and oxygen atoms in total. The van der Waals surface area contributed by atoms with Crippen LogP contribution >= 0.6 is 22.9 Å². The number of hydrogen-bond acceptors (Lipinski definition) is 6. The van der Waals surface area contributed by atoms with E-state index >= 15 is 0 Å². The summed E-state index contributed by atoms with van der Waals surface area (Å²) < 4.78 is 49.7. The molecule has 0 saturated carbocycles. The van der Waals surface area contributed by atoms with Gasteiger partial charge in [0.25, 0.3) is 0 Å². The van der Waals surface area contributed by atoms with Gasteiger partial charge in [0.2, 0.25) is 5.13 Å². The van der Waals surface area contributed by atoms with Crippen molar-refractivity contribution in [3.05, 3.63) is 28.7 Å². The maximum atomic E-state index is 13.4. The van der Waals surface area contributed by atoms with Crippen LogP contribution in [0.4, 0.5) is 23.1 Å². The molecule has 3 rings (SSSR count). The van der Waals surface area contributed by atoms with E-state index in [1.807, 2.05) is 0 Å². The van der Waals surface area contributed by atoms with Crippen LogP contribution < -0.4 is 20.1 Å². The average Bonchev–Trinajstić information content (AvgIpc) is 3.04. The second-order valence-electron chi connectivity index (χ2n) is 4.23. The number of nitrogens with one attached hydrogen (secondary N) is 2. The molecule has 0 bridgehead atoms. The highest BCUT2D eigenvalue weighted by atomic mass is 35.5. The normalized spacial score (nSPS) is 19.5. The number of aromatic nitrogens is 2. The fraction of sp³-hybridized carbons (Fsp3) is 0.182. The predicted molar refractivity (Wildman–Crippen MR) is 73.6 cm³/mol. The first-order valence-corrected chi connectivity index (χ1v) is 7.14. The summed E-state index contributed by atoms with van der Waals surface area (Å²) in [4.78, 5) is 11.8. The largest absolute Gasteiger partial charge is 0.492 e. The van der Waals surface area contributed by atoms with Crippen molar-refractivity contribution in [2.75, 3.05) is 5.32 Å². The summed E-state index contributed by atoms with van der Waals surface area (Å²) >= 11 is 6.63. The first kappa shape index (κ1) is 15.6. The van der Waals surface area contributed by atoms with Crippen molar-refractivity contribution in [1.29, 1.82) is 0 Å². The SMILES string of the molecule is O=C(Nc1nncs1)N[C@@]1(C(F)(F)F)Oc2ccc(Cl)cc2O1. The Balaban J connectivity index is 1.84. The Morgan fingerprint density at radius 1 is 1.30 bits per heavy atom. The summed E-state index contributed by atoms with van der Waals surface area (Å²) in [6, 6.07) is 2.46. The maximum Gasteiger partial charge on any atom is 0.492 e. The van der Waals surface area contributed by atoms with Gasteiger partial charge in [0.1, 0.15) is 5.51 Å². The summed E-state index contributed by atoms with van der Waals surface area (Å²) in [6.45, 7) is 0. The molecular weight excluding hydrogens is 361 g/mol. The number of carbonyl (C=O) groups excluding carboxylic acids is 1. The average molecular weight is 367 g/mol. The molecule has 12 heteroatoms. The third-order valence-electron chi connectivity index (χ3n) is 2.64. The molecule has 1 aromatic carbocycles. The Bertz CT molecular complexity index is 743. The van der Waals surface area contributed by atoms with Gasteiger partial charge in [-0.05, 0) is 12.1 Å². The third kappa shape index (κ3) is 2.97. The van der Waals surface area contributed by atoms with Crippen LogP contribution in [0.2, 0.25) is 5.02 Å². The number of amides is 2. The van der Waals surface area contributed by atoms with Crippen LogP contribution in [0.3, 0.4) is 0 Å². The van der Waals surface area contributed by atoms with E-state index in [-0.39, 0.29) is 21.7 Å². The van der Waals surface area contributed by atoms with Crippen LogP contribution in [0.25, 0.3) is 0 Å². The molecule has 2 N–H and O–H groups in total. The van der Waals surface area contributed by atoms with Crippen molar-refractivity contribution in [3.63, 3.8) is 0 Å². The van der Waals surface area contributed by atoms with Crippen molar-refractivity contribution in [3.8, 4) is 11.5 Å². The van der Waals surface area contributed by atoms with Gasteiger partial charge in [-0.3, -0.25) is 10.6 Å². The molecule has 2 heterocycles. The van der Waals surface area contributed by atoms with Gasteiger partial charge in [0, 0.05) is 11.1 Å². The zero-order valence-corrected chi connectivity index (χ0v) is 12.4. The summed E-state index contributed by atoms with van der Waals surface area (Å²) in [5.74, 6) is -3.82. The standard InChI is InChI=1S/C11H6ClF3N4O3S/c12-5-1-2-6-7(3-5)22-11(21-6,10(13,14)15)18-8(20)17-9-19-16-4-23-9/h1-4H,(H2,17,18,19,20)/t11-/m0/s1. The van der Waals surface area contributed by atoms with Gasteiger partial charge in [-0.25, -0.2) is 4.79 Å². The van der Waals surface area contributed by atoms with Crippen molar-refractivity contribution in [1.82, 2.24) is 15.5 Å². The zero-order chi connectivity index (χ0) is 16.7. The minimum absolute atomic E-state index is 0.0124. The molecule has 2 aromatic rings. The Kier molecular flexibility index (Phi) is 3.68. The number of benzene rings is 1. The minimum Gasteiger partial charge on any atom is -0.424 e. The molecule has 1 atom stereocenters. The van der Waals surface area contributed by atoms with E-state index in [1.165, 1.54) is 17.6 Å². The van der Waals surface area contributed by atoms with Crippen molar-refractivity contribution < 1.29 is 27.4 Å². The summed E-state index contributed by atoms with van der Waals surface area (Å²) in [6.07, 6.45) is -5.06. The lowest BCUT2D eigenvalue weighted by atomic mass is 10.3. The Labute approximate surface area is 135 Å². The van der Waals surface area contributed by atoms with E-state index < -0.39 is 18.1 Å². The summed E-state index contributed by atoms with van der Waals surface area (Å²) in [5, 5.41) is 10.8. The molecule has 2 amide bonds. The van der Waals surface area contributed by atoms with Crippen LogP contribution in [0.1, 0.15) is 0 Å². The molecule has 0 unspecified atom stereocenters. The molecule has 1 aromatic heterocycles. The van der Waals surface area contributed by atoms with Crippen LogP contribution in [-0.2, 0) is 0 Å². The molecule has 0 aliphatic carbocycles. The lowest BCUT2D eigenvalue weighted by molar-refractivity contribution is -0.317. The fourth-order valence-electron chi connectivity index (χ4n) is 1.72.